The number of hydrogen-bond donors (Lipinski definition) is 1. The van der Waals surface area contributed by atoms with E-state index in [1.807, 2.05) is 22.6 Å². The Morgan fingerprint density at radius 3 is 2.64 bits per heavy atom. The van der Waals surface area contributed by atoms with Gasteiger partial charge in [-0.1, -0.05) is 0 Å². The van der Waals surface area contributed by atoms with Gasteiger partial charge in [-0.2, -0.15) is 5.10 Å². The molecule has 1 aliphatic heterocycles. The van der Waals surface area contributed by atoms with Crippen molar-refractivity contribution in [2.75, 3.05) is 26.2 Å². The van der Waals surface area contributed by atoms with Gasteiger partial charge in [-0.15, -0.1) is 12.4 Å². The molecule has 0 unspecified atom stereocenters. The molecule has 1 fully saturated rings. The third-order valence-corrected chi connectivity index (χ3v) is 3.82. The summed E-state index contributed by atoms with van der Waals surface area (Å²) in [4.78, 5) is 19.2. The summed E-state index contributed by atoms with van der Waals surface area (Å²) in [6.07, 6.45) is 1.76. The Morgan fingerprint density at radius 2 is 2.00 bits per heavy atom. The highest BCUT2D eigenvalue weighted by molar-refractivity contribution is 6.05. The maximum Gasteiger partial charge on any atom is 0.254 e. The highest BCUT2D eigenvalue weighted by Gasteiger charge is 2.22. The van der Waals surface area contributed by atoms with Crippen LogP contribution in [0.25, 0.3) is 11.0 Å². The standard InChI is InChI=1S/C15H21N5O.ClH/c1-10(2)20-14-13(9-17-20)12(8-11(3)18-14)15(21)19-6-4-16-5-7-19;/h8-10,16H,4-7H2,1-3H3;1H. The summed E-state index contributed by atoms with van der Waals surface area (Å²) in [5.74, 6) is 0.0790. The first kappa shape index (κ1) is 16.7. The van der Waals surface area contributed by atoms with Gasteiger partial charge in [0.15, 0.2) is 5.65 Å². The number of nitrogens with zero attached hydrogens (tertiary/aromatic N) is 4. The molecule has 2 aromatic heterocycles. The second-order valence-corrected chi connectivity index (χ2v) is 5.77. The number of fused-ring (bicyclic) bond motifs is 1. The van der Waals surface area contributed by atoms with Crippen molar-refractivity contribution in [2.24, 2.45) is 0 Å². The molecule has 1 aliphatic rings. The lowest BCUT2D eigenvalue weighted by Gasteiger charge is -2.27. The summed E-state index contributed by atoms with van der Waals surface area (Å²) in [6.45, 7) is 9.25. The van der Waals surface area contributed by atoms with E-state index in [4.69, 9.17) is 0 Å². The fraction of sp³-hybridized carbons (Fsp3) is 0.533. The second-order valence-electron chi connectivity index (χ2n) is 5.77. The molecule has 22 heavy (non-hydrogen) atoms. The highest BCUT2D eigenvalue weighted by Crippen LogP contribution is 2.22. The Bertz CT molecular complexity index is 676. The van der Waals surface area contributed by atoms with Gasteiger partial charge in [0.1, 0.15) is 0 Å². The summed E-state index contributed by atoms with van der Waals surface area (Å²) in [5, 5.41) is 8.51. The Morgan fingerprint density at radius 1 is 1.32 bits per heavy atom. The SMILES string of the molecule is Cc1cc(C(=O)N2CCNCC2)c2cnn(C(C)C)c2n1.Cl. The fourth-order valence-electron chi connectivity index (χ4n) is 2.74. The average Bonchev–Trinajstić information content (AvgIpc) is 2.90. The normalized spacial score (nSPS) is 15.2. The third-order valence-electron chi connectivity index (χ3n) is 3.82. The largest absolute Gasteiger partial charge is 0.336 e. The molecule has 0 bridgehead atoms. The highest BCUT2D eigenvalue weighted by atomic mass is 35.5. The molecule has 0 aromatic carbocycles. The summed E-state index contributed by atoms with van der Waals surface area (Å²) >= 11 is 0. The minimum Gasteiger partial charge on any atom is -0.336 e. The molecule has 0 atom stereocenters. The van der Waals surface area contributed by atoms with Crippen molar-refractivity contribution in [3.8, 4) is 0 Å². The number of rotatable bonds is 2. The molecule has 3 rings (SSSR count). The zero-order chi connectivity index (χ0) is 15.0. The Balaban J connectivity index is 0.00000176. The number of halogens is 1. The molecule has 120 valence electrons. The van der Waals surface area contributed by atoms with E-state index in [0.717, 1.165) is 42.9 Å². The number of amides is 1. The van der Waals surface area contributed by atoms with Crippen LogP contribution in [0.2, 0.25) is 0 Å². The minimum atomic E-state index is 0. The van der Waals surface area contributed by atoms with E-state index in [1.54, 1.807) is 6.20 Å². The molecule has 7 heteroatoms. The molecule has 1 amide bonds. The first-order valence-corrected chi connectivity index (χ1v) is 7.43. The van der Waals surface area contributed by atoms with Gasteiger partial charge in [0, 0.05) is 37.9 Å². The zero-order valence-electron chi connectivity index (χ0n) is 13.2. The van der Waals surface area contributed by atoms with Crippen LogP contribution >= 0.6 is 12.4 Å². The second kappa shape index (κ2) is 6.62. The van der Waals surface area contributed by atoms with Gasteiger partial charge >= 0.3 is 0 Å². The van der Waals surface area contributed by atoms with Crippen LogP contribution in [0.5, 0.6) is 0 Å². The number of aryl methyl sites for hydroxylation is 1. The van der Waals surface area contributed by atoms with Crippen molar-refractivity contribution in [3.63, 3.8) is 0 Å². The number of piperazine rings is 1. The molecule has 1 saturated heterocycles. The predicted octanol–water partition coefficient (Wildman–Crippen LogP) is 1.79. The quantitative estimate of drug-likeness (QED) is 0.915. The van der Waals surface area contributed by atoms with Crippen LogP contribution in [0.15, 0.2) is 12.3 Å². The molecule has 6 nitrogen and oxygen atoms in total. The van der Waals surface area contributed by atoms with Gasteiger partial charge in [-0.25, -0.2) is 9.67 Å². The summed E-state index contributed by atoms with van der Waals surface area (Å²) in [7, 11) is 0. The van der Waals surface area contributed by atoms with Crippen molar-refractivity contribution >= 4 is 29.3 Å². The lowest BCUT2D eigenvalue weighted by Crippen LogP contribution is -2.46. The Kier molecular flexibility index (Phi) is 5.03. The van der Waals surface area contributed by atoms with Gasteiger partial charge in [0.2, 0.25) is 0 Å². The fourth-order valence-corrected chi connectivity index (χ4v) is 2.74. The van der Waals surface area contributed by atoms with Gasteiger partial charge in [0.25, 0.3) is 5.91 Å². The Labute approximate surface area is 136 Å². The summed E-state index contributed by atoms with van der Waals surface area (Å²) < 4.78 is 1.87. The van der Waals surface area contributed by atoms with Crippen LogP contribution in [0, 0.1) is 6.92 Å². The lowest BCUT2D eigenvalue weighted by atomic mass is 10.1. The predicted molar refractivity (Wildman–Crippen MR) is 88.7 cm³/mol. The number of pyridine rings is 1. The topological polar surface area (TPSA) is 63.1 Å². The smallest absolute Gasteiger partial charge is 0.254 e. The first-order valence-electron chi connectivity index (χ1n) is 7.43. The van der Waals surface area contributed by atoms with Gasteiger partial charge < -0.3 is 10.2 Å². The number of carbonyl (C=O) groups is 1. The zero-order valence-corrected chi connectivity index (χ0v) is 14.0. The molecular formula is C15H22ClN5O. The van der Waals surface area contributed by atoms with Gasteiger partial charge in [0.05, 0.1) is 17.1 Å². The molecule has 0 saturated carbocycles. The Hall–Kier alpha value is -1.66. The molecule has 2 aromatic rings. The van der Waals surface area contributed by atoms with Crippen LogP contribution in [0.1, 0.15) is 35.9 Å². The van der Waals surface area contributed by atoms with Crippen LogP contribution < -0.4 is 5.32 Å². The van der Waals surface area contributed by atoms with E-state index >= 15 is 0 Å². The summed E-state index contributed by atoms with van der Waals surface area (Å²) in [5.41, 5.74) is 2.36. The van der Waals surface area contributed by atoms with E-state index in [2.05, 4.69) is 29.2 Å². The number of hydrogen-bond acceptors (Lipinski definition) is 4. The van der Waals surface area contributed by atoms with E-state index < -0.39 is 0 Å². The van der Waals surface area contributed by atoms with Crippen LogP contribution in [0.3, 0.4) is 0 Å². The number of carbonyl (C=O) groups excluding carboxylic acids is 1. The number of aromatic nitrogens is 3. The van der Waals surface area contributed by atoms with Crippen LogP contribution in [0.4, 0.5) is 0 Å². The van der Waals surface area contributed by atoms with Crippen molar-refractivity contribution < 1.29 is 4.79 Å². The van der Waals surface area contributed by atoms with Crippen molar-refractivity contribution in [2.45, 2.75) is 26.8 Å². The van der Waals surface area contributed by atoms with Crippen LogP contribution in [-0.4, -0.2) is 51.8 Å². The monoisotopic (exact) mass is 323 g/mol. The maximum atomic E-state index is 12.8. The average molecular weight is 324 g/mol. The van der Waals surface area contributed by atoms with Crippen molar-refractivity contribution in [3.05, 3.63) is 23.5 Å². The molecular weight excluding hydrogens is 302 g/mol. The minimum absolute atomic E-state index is 0. The van der Waals surface area contributed by atoms with Gasteiger partial charge in [-0.05, 0) is 26.8 Å². The van der Waals surface area contributed by atoms with E-state index in [-0.39, 0.29) is 24.4 Å². The van der Waals surface area contributed by atoms with Crippen LogP contribution in [-0.2, 0) is 0 Å². The number of nitrogens with one attached hydrogen (secondary N) is 1. The third kappa shape index (κ3) is 2.94. The first-order chi connectivity index (χ1) is 10.1. The van der Waals surface area contributed by atoms with E-state index in [0.29, 0.717) is 5.56 Å². The lowest BCUT2D eigenvalue weighted by molar-refractivity contribution is 0.0737. The maximum absolute atomic E-state index is 12.8. The molecule has 0 radical (unpaired) electrons. The van der Waals surface area contributed by atoms with Crippen molar-refractivity contribution in [1.29, 1.82) is 0 Å². The van der Waals surface area contributed by atoms with E-state index in [9.17, 15) is 4.79 Å². The molecule has 0 spiro atoms. The van der Waals surface area contributed by atoms with Gasteiger partial charge in [-0.3, -0.25) is 4.79 Å². The van der Waals surface area contributed by atoms with Crippen molar-refractivity contribution in [1.82, 2.24) is 25.0 Å². The van der Waals surface area contributed by atoms with E-state index in [1.165, 1.54) is 0 Å². The molecule has 3 heterocycles. The molecule has 1 N–H and O–H groups in total. The summed E-state index contributed by atoms with van der Waals surface area (Å²) in [6, 6.07) is 2.10. The molecule has 0 aliphatic carbocycles.